The normalized spacial score (nSPS) is 25.0. The van der Waals surface area contributed by atoms with E-state index in [4.69, 9.17) is 0 Å². The van der Waals surface area contributed by atoms with Gasteiger partial charge in [0, 0.05) is 44.2 Å². The van der Waals surface area contributed by atoms with Crippen LogP contribution in [0.25, 0.3) is 10.9 Å². The van der Waals surface area contributed by atoms with Gasteiger partial charge in [0.05, 0.1) is 5.52 Å². The van der Waals surface area contributed by atoms with Gasteiger partial charge in [0.1, 0.15) is 12.1 Å². The Hall–Kier alpha value is -1.71. The van der Waals surface area contributed by atoms with Crippen molar-refractivity contribution in [3.63, 3.8) is 0 Å². The Balaban J connectivity index is 1.58. The number of hydrogen-bond donors (Lipinski definition) is 1. The summed E-state index contributed by atoms with van der Waals surface area (Å²) in [5, 5.41) is 0.522. The molecule has 0 amide bonds. The second kappa shape index (κ2) is 6.89. The lowest BCUT2D eigenvalue weighted by atomic mass is 9.97. The maximum atomic E-state index is 13.7. The smallest absolute Gasteiger partial charge is 0.170 e. The zero-order valence-corrected chi connectivity index (χ0v) is 14.4. The van der Waals surface area contributed by atoms with E-state index in [1.54, 1.807) is 0 Å². The molecule has 1 N–H and O–H groups in total. The third-order valence-corrected chi connectivity index (χ3v) is 6.01. The molecule has 6 nitrogen and oxygen atoms in total. The molecule has 0 spiro atoms. The molecule has 2 aliphatic heterocycles. The Morgan fingerprint density at radius 3 is 2.88 bits per heavy atom. The highest BCUT2D eigenvalue weighted by molar-refractivity contribution is 7.80. The van der Waals surface area contributed by atoms with E-state index in [9.17, 15) is 13.0 Å². The van der Waals surface area contributed by atoms with Crippen LogP contribution in [0.4, 0.5) is 14.6 Å². The van der Waals surface area contributed by atoms with Crippen LogP contribution in [0.5, 0.6) is 0 Å². The first-order chi connectivity index (χ1) is 12.1. The Kier molecular flexibility index (Phi) is 4.61. The molecule has 0 aliphatic carbocycles. The summed E-state index contributed by atoms with van der Waals surface area (Å²) in [6, 6.07) is 2.28. The fourth-order valence-electron chi connectivity index (χ4n) is 3.57. The van der Waals surface area contributed by atoms with E-state index in [1.165, 1.54) is 12.4 Å². The number of nitrogens with one attached hydrogen (secondary N) is 1. The first-order valence-electron chi connectivity index (χ1n) is 8.37. The number of hydrogen-bond acceptors (Lipinski definition) is 4. The highest BCUT2D eigenvalue weighted by Crippen LogP contribution is 2.29. The summed E-state index contributed by atoms with van der Waals surface area (Å²) in [5.41, 5.74) is 0.399. The SMILES string of the molecule is O=S1NCCN1CC1CCCN(c2ncnc3cc(F)c(F)cc23)C1. The van der Waals surface area contributed by atoms with E-state index in [2.05, 4.69) is 19.6 Å². The lowest BCUT2D eigenvalue weighted by molar-refractivity contribution is 0.331. The second-order valence-corrected chi connectivity index (χ2v) is 7.77. The van der Waals surface area contributed by atoms with E-state index in [1.807, 2.05) is 4.31 Å². The van der Waals surface area contributed by atoms with Crippen molar-refractivity contribution in [3.8, 4) is 0 Å². The Morgan fingerprint density at radius 2 is 2.08 bits per heavy atom. The summed E-state index contributed by atoms with van der Waals surface area (Å²) in [4.78, 5) is 10.5. The molecule has 2 fully saturated rings. The maximum absolute atomic E-state index is 13.7. The van der Waals surface area contributed by atoms with Gasteiger partial charge in [-0.25, -0.2) is 32.0 Å². The fraction of sp³-hybridized carbons (Fsp3) is 0.500. The molecule has 0 saturated carbocycles. The molecule has 2 atom stereocenters. The maximum Gasteiger partial charge on any atom is 0.170 e. The third-order valence-electron chi connectivity index (χ3n) is 4.76. The summed E-state index contributed by atoms with van der Waals surface area (Å²) in [6.07, 6.45) is 3.42. The molecule has 1 aromatic heterocycles. The Morgan fingerprint density at radius 1 is 1.24 bits per heavy atom. The van der Waals surface area contributed by atoms with Gasteiger partial charge in [0.15, 0.2) is 22.8 Å². The van der Waals surface area contributed by atoms with Crippen LogP contribution in [0.3, 0.4) is 0 Å². The summed E-state index contributed by atoms with van der Waals surface area (Å²) in [5.74, 6) is -0.810. The average Bonchev–Trinajstić information content (AvgIpc) is 3.00. The predicted molar refractivity (Wildman–Crippen MR) is 92.1 cm³/mol. The van der Waals surface area contributed by atoms with Crippen LogP contribution in [0.15, 0.2) is 18.5 Å². The van der Waals surface area contributed by atoms with Crippen molar-refractivity contribution in [3.05, 3.63) is 30.1 Å². The lowest BCUT2D eigenvalue weighted by Crippen LogP contribution is -2.41. The number of halogens is 2. The minimum absolute atomic E-state index is 0.355. The summed E-state index contributed by atoms with van der Waals surface area (Å²) in [6.45, 7) is 3.83. The molecular weight excluding hydrogens is 348 g/mol. The zero-order valence-electron chi connectivity index (χ0n) is 13.6. The van der Waals surface area contributed by atoms with Gasteiger partial charge >= 0.3 is 0 Å². The second-order valence-electron chi connectivity index (χ2n) is 6.47. The van der Waals surface area contributed by atoms with Crippen LogP contribution in [-0.2, 0) is 11.2 Å². The quantitative estimate of drug-likeness (QED) is 0.895. The van der Waals surface area contributed by atoms with Gasteiger partial charge in [-0.2, -0.15) is 0 Å². The van der Waals surface area contributed by atoms with Crippen molar-refractivity contribution < 1.29 is 13.0 Å². The fourth-order valence-corrected chi connectivity index (χ4v) is 4.63. The predicted octanol–water partition coefficient (Wildman–Crippen LogP) is 1.61. The first-order valence-corrected chi connectivity index (χ1v) is 9.47. The summed E-state index contributed by atoms with van der Waals surface area (Å²) in [7, 11) is 0. The molecule has 2 saturated heterocycles. The third kappa shape index (κ3) is 3.36. The molecular formula is C16H19F2N5OS. The lowest BCUT2D eigenvalue weighted by Gasteiger charge is -2.35. The Labute approximate surface area is 147 Å². The van der Waals surface area contributed by atoms with Gasteiger partial charge in [-0.15, -0.1) is 0 Å². The number of nitrogens with zero attached hydrogens (tertiary/aromatic N) is 4. The van der Waals surface area contributed by atoms with E-state index < -0.39 is 22.8 Å². The standard InChI is InChI=1S/C16H19F2N5OS/c17-13-6-12-15(7-14(13)18)19-10-20-16(12)22-4-1-2-11(8-22)9-23-5-3-21-25(23)24/h6-7,10-11,21H,1-5,8-9H2. The zero-order chi connectivity index (χ0) is 17.4. The van der Waals surface area contributed by atoms with Crippen molar-refractivity contribution in [2.75, 3.05) is 37.6 Å². The number of aromatic nitrogens is 2. The number of benzene rings is 1. The van der Waals surface area contributed by atoms with Gasteiger partial charge in [0.25, 0.3) is 0 Å². The minimum atomic E-state index is -1.10. The van der Waals surface area contributed by atoms with Crippen molar-refractivity contribution in [2.45, 2.75) is 12.8 Å². The molecule has 3 heterocycles. The van der Waals surface area contributed by atoms with Gasteiger partial charge in [-0.1, -0.05) is 0 Å². The molecule has 1 aromatic carbocycles. The molecule has 2 aliphatic rings. The number of fused-ring (bicyclic) bond motifs is 1. The van der Waals surface area contributed by atoms with Crippen LogP contribution in [-0.4, -0.2) is 51.2 Å². The molecule has 9 heteroatoms. The average molecular weight is 367 g/mol. The summed E-state index contributed by atoms with van der Waals surface area (Å²) >= 11 is -1.10. The monoisotopic (exact) mass is 367 g/mol. The molecule has 134 valence electrons. The number of rotatable bonds is 3. The Bertz CT molecular complexity index is 820. The molecule has 25 heavy (non-hydrogen) atoms. The minimum Gasteiger partial charge on any atom is -0.356 e. The highest BCUT2D eigenvalue weighted by atomic mass is 32.2. The van der Waals surface area contributed by atoms with Gasteiger partial charge < -0.3 is 4.90 Å². The van der Waals surface area contributed by atoms with Crippen molar-refractivity contribution in [2.24, 2.45) is 5.92 Å². The van der Waals surface area contributed by atoms with Crippen LogP contribution in [0.1, 0.15) is 12.8 Å². The summed E-state index contributed by atoms with van der Waals surface area (Å²) < 4.78 is 43.9. The van der Waals surface area contributed by atoms with Crippen LogP contribution < -0.4 is 9.62 Å². The highest BCUT2D eigenvalue weighted by Gasteiger charge is 2.28. The topological polar surface area (TPSA) is 61.4 Å². The van der Waals surface area contributed by atoms with Crippen molar-refractivity contribution >= 4 is 27.9 Å². The van der Waals surface area contributed by atoms with E-state index in [-0.39, 0.29) is 0 Å². The molecule has 2 aromatic rings. The molecule has 4 rings (SSSR count). The number of anilines is 1. The van der Waals surface area contributed by atoms with E-state index in [0.717, 1.165) is 51.6 Å². The van der Waals surface area contributed by atoms with Gasteiger partial charge in [-0.05, 0) is 24.8 Å². The van der Waals surface area contributed by atoms with Crippen LogP contribution in [0, 0.1) is 17.6 Å². The molecule has 0 radical (unpaired) electrons. The van der Waals surface area contributed by atoms with Crippen molar-refractivity contribution in [1.82, 2.24) is 19.0 Å². The number of piperidine rings is 1. The van der Waals surface area contributed by atoms with Gasteiger partial charge in [0.2, 0.25) is 0 Å². The molecule has 0 bridgehead atoms. The molecule has 2 unspecified atom stereocenters. The van der Waals surface area contributed by atoms with E-state index in [0.29, 0.717) is 22.6 Å². The largest absolute Gasteiger partial charge is 0.356 e. The van der Waals surface area contributed by atoms with Crippen molar-refractivity contribution in [1.29, 1.82) is 0 Å². The van der Waals surface area contributed by atoms with Crippen LogP contribution >= 0.6 is 0 Å². The van der Waals surface area contributed by atoms with Crippen LogP contribution in [0.2, 0.25) is 0 Å². The van der Waals surface area contributed by atoms with Gasteiger partial charge in [-0.3, -0.25) is 0 Å². The van der Waals surface area contributed by atoms with E-state index >= 15 is 0 Å². The first kappa shape index (κ1) is 16.7.